The Hall–Kier alpha value is -0.580. The molecule has 3 saturated carbocycles. The number of ether oxygens (including phenoxy) is 1. The molecule has 4 aliphatic rings. The van der Waals surface area contributed by atoms with Gasteiger partial charge in [0.15, 0.2) is 0 Å². The Balaban J connectivity index is 1.50. The summed E-state index contributed by atoms with van der Waals surface area (Å²) in [5.41, 5.74) is 0. The van der Waals surface area contributed by atoms with Crippen molar-refractivity contribution in [2.75, 3.05) is 0 Å². The largest absolute Gasteiger partial charge is 0.461 e. The molecule has 4 nitrogen and oxygen atoms in total. The second kappa shape index (κ2) is 4.72. The highest BCUT2D eigenvalue weighted by molar-refractivity contribution is 9.09. The number of hydrogen-bond donors (Lipinski definition) is 1. The summed E-state index contributed by atoms with van der Waals surface area (Å²) in [6, 6.07) is 0.317. The van der Waals surface area contributed by atoms with Crippen molar-refractivity contribution in [2.45, 2.75) is 55.5 Å². The molecule has 0 unspecified atom stereocenters. The average molecular weight is 342 g/mol. The first-order chi connectivity index (χ1) is 9.66. The zero-order valence-electron chi connectivity index (χ0n) is 11.4. The smallest absolute Gasteiger partial charge is 0.310 e. The number of halogens is 1. The molecule has 110 valence electrons. The molecule has 20 heavy (non-hydrogen) atoms. The van der Waals surface area contributed by atoms with Gasteiger partial charge < -0.3 is 10.1 Å². The lowest BCUT2D eigenvalue weighted by Crippen LogP contribution is -2.46. The van der Waals surface area contributed by atoms with E-state index in [4.69, 9.17) is 4.74 Å². The van der Waals surface area contributed by atoms with Crippen LogP contribution in [0.3, 0.4) is 0 Å². The van der Waals surface area contributed by atoms with Crippen LogP contribution in [0, 0.1) is 23.7 Å². The summed E-state index contributed by atoms with van der Waals surface area (Å²) in [6.45, 7) is 0. The maximum absolute atomic E-state index is 12.6. The molecule has 0 radical (unpaired) electrons. The van der Waals surface area contributed by atoms with E-state index in [0.717, 1.165) is 19.3 Å². The molecule has 0 aromatic rings. The maximum atomic E-state index is 12.6. The van der Waals surface area contributed by atoms with Gasteiger partial charge in [-0.1, -0.05) is 35.2 Å². The highest BCUT2D eigenvalue weighted by Gasteiger charge is 2.67. The van der Waals surface area contributed by atoms with Gasteiger partial charge in [-0.2, -0.15) is 0 Å². The quantitative estimate of drug-likeness (QED) is 0.617. The standard InChI is InChI=1S/C15H20BrNO3/c16-12-8-6-9-11(15(19)20-13(9)12)10(8)14(18)17-7-4-2-1-3-5-7/h7-13H,1-6H2,(H,17,18)/t8-,9+,10+,11-,12+,13-/m0/s1. The number of alkyl halides is 1. The zero-order valence-corrected chi connectivity index (χ0v) is 13.0. The highest BCUT2D eigenvalue weighted by Crippen LogP contribution is 2.59. The van der Waals surface area contributed by atoms with E-state index in [9.17, 15) is 9.59 Å². The monoisotopic (exact) mass is 341 g/mol. The first-order valence-electron chi connectivity index (χ1n) is 7.82. The van der Waals surface area contributed by atoms with Gasteiger partial charge in [0.05, 0.1) is 16.7 Å². The Morgan fingerprint density at radius 1 is 1.20 bits per heavy atom. The molecular weight excluding hydrogens is 322 g/mol. The Morgan fingerprint density at radius 3 is 2.70 bits per heavy atom. The number of hydrogen-bond acceptors (Lipinski definition) is 3. The van der Waals surface area contributed by atoms with E-state index < -0.39 is 0 Å². The van der Waals surface area contributed by atoms with Crippen molar-refractivity contribution in [3.8, 4) is 0 Å². The van der Waals surface area contributed by atoms with Crippen LogP contribution in [0.5, 0.6) is 0 Å². The molecule has 1 amide bonds. The fourth-order valence-corrected chi connectivity index (χ4v) is 5.92. The first-order valence-corrected chi connectivity index (χ1v) is 8.73. The Labute approximate surface area is 127 Å². The Bertz CT molecular complexity index is 448. The molecule has 4 fully saturated rings. The fraction of sp³-hybridized carbons (Fsp3) is 0.867. The predicted molar refractivity (Wildman–Crippen MR) is 76.2 cm³/mol. The summed E-state index contributed by atoms with van der Waals surface area (Å²) >= 11 is 3.65. The van der Waals surface area contributed by atoms with Gasteiger partial charge in [0, 0.05) is 12.0 Å². The lowest BCUT2D eigenvalue weighted by atomic mass is 9.79. The summed E-state index contributed by atoms with van der Waals surface area (Å²) in [5, 5.41) is 3.20. The van der Waals surface area contributed by atoms with Gasteiger partial charge in [0.1, 0.15) is 6.10 Å². The Morgan fingerprint density at radius 2 is 1.95 bits per heavy atom. The molecule has 5 heteroatoms. The van der Waals surface area contributed by atoms with Crippen LogP contribution < -0.4 is 5.32 Å². The van der Waals surface area contributed by atoms with Crippen LogP contribution in [0.1, 0.15) is 38.5 Å². The van der Waals surface area contributed by atoms with Crippen LogP contribution in [0.25, 0.3) is 0 Å². The zero-order chi connectivity index (χ0) is 13.9. The van der Waals surface area contributed by atoms with Gasteiger partial charge in [-0.05, 0) is 25.2 Å². The highest BCUT2D eigenvalue weighted by atomic mass is 79.9. The number of rotatable bonds is 2. The molecule has 0 spiro atoms. The van der Waals surface area contributed by atoms with Crippen molar-refractivity contribution in [2.24, 2.45) is 23.7 Å². The maximum Gasteiger partial charge on any atom is 0.310 e. The minimum Gasteiger partial charge on any atom is -0.461 e. The van der Waals surface area contributed by atoms with E-state index in [2.05, 4.69) is 21.2 Å². The molecule has 4 rings (SSSR count). The summed E-state index contributed by atoms with van der Waals surface area (Å²) in [4.78, 5) is 24.8. The minimum atomic E-state index is -0.178. The van der Waals surface area contributed by atoms with Crippen molar-refractivity contribution < 1.29 is 14.3 Å². The molecule has 3 aliphatic carbocycles. The molecule has 0 aromatic heterocycles. The molecule has 6 atom stereocenters. The van der Waals surface area contributed by atoms with Crippen LogP contribution in [0.4, 0.5) is 0 Å². The Kier molecular flexibility index (Phi) is 3.09. The number of esters is 1. The molecular formula is C15H20BrNO3. The normalized spacial score (nSPS) is 46.5. The van der Waals surface area contributed by atoms with E-state index in [1.54, 1.807) is 0 Å². The third kappa shape index (κ3) is 1.78. The summed E-state index contributed by atoms with van der Waals surface area (Å²) in [7, 11) is 0. The lowest BCUT2D eigenvalue weighted by Gasteiger charge is -2.30. The van der Waals surface area contributed by atoms with E-state index in [0.29, 0.717) is 6.04 Å². The molecule has 1 aliphatic heterocycles. The van der Waals surface area contributed by atoms with E-state index in [1.807, 2.05) is 0 Å². The van der Waals surface area contributed by atoms with E-state index in [-0.39, 0.29) is 46.5 Å². The molecule has 1 saturated heterocycles. The van der Waals surface area contributed by atoms with Gasteiger partial charge in [0.25, 0.3) is 0 Å². The lowest BCUT2D eigenvalue weighted by molar-refractivity contribution is -0.146. The number of carbonyl (C=O) groups excluding carboxylic acids is 2. The van der Waals surface area contributed by atoms with Gasteiger partial charge in [0.2, 0.25) is 5.91 Å². The first kappa shape index (κ1) is 13.1. The number of nitrogens with one attached hydrogen (secondary N) is 1. The number of fused-ring (bicyclic) bond motifs is 1. The van der Waals surface area contributed by atoms with Crippen LogP contribution in [-0.2, 0) is 14.3 Å². The minimum absolute atomic E-state index is 0.0104. The van der Waals surface area contributed by atoms with Crippen LogP contribution in [0.15, 0.2) is 0 Å². The predicted octanol–water partition coefficient (Wildman–Crippen LogP) is 2.01. The van der Waals surface area contributed by atoms with Crippen molar-refractivity contribution in [1.82, 2.24) is 5.32 Å². The van der Waals surface area contributed by atoms with E-state index >= 15 is 0 Å². The number of amides is 1. The summed E-state index contributed by atoms with van der Waals surface area (Å²) < 4.78 is 5.46. The summed E-state index contributed by atoms with van der Waals surface area (Å²) in [6.07, 6.45) is 6.83. The van der Waals surface area contributed by atoms with Gasteiger partial charge in [-0.25, -0.2) is 0 Å². The average Bonchev–Trinajstić information content (AvgIpc) is 3.04. The fourth-order valence-electron chi connectivity index (χ4n) is 4.87. The van der Waals surface area contributed by atoms with Gasteiger partial charge in [-0.3, -0.25) is 9.59 Å². The topological polar surface area (TPSA) is 55.4 Å². The van der Waals surface area contributed by atoms with Gasteiger partial charge >= 0.3 is 5.97 Å². The van der Waals surface area contributed by atoms with Crippen molar-refractivity contribution >= 4 is 27.8 Å². The van der Waals surface area contributed by atoms with Crippen LogP contribution in [-0.4, -0.2) is 28.8 Å². The SMILES string of the molecule is O=C(NC1CCCCC1)[C@@H]1[C@@H]2C[C@H]3[C@H](OC(=O)[C@@H]31)[C@@H]2Br. The molecule has 2 bridgehead atoms. The molecule has 0 aromatic carbocycles. The second-order valence-electron chi connectivity index (χ2n) is 6.80. The molecule has 1 N–H and O–H groups in total. The third-order valence-electron chi connectivity index (χ3n) is 5.78. The second-order valence-corrected chi connectivity index (χ2v) is 7.86. The van der Waals surface area contributed by atoms with Gasteiger partial charge in [-0.15, -0.1) is 0 Å². The summed E-state index contributed by atoms with van der Waals surface area (Å²) in [5.74, 6) is 0.133. The van der Waals surface area contributed by atoms with Crippen molar-refractivity contribution in [1.29, 1.82) is 0 Å². The van der Waals surface area contributed by atoms with Crippen molar-refractivity contribution in [3.05, 3.63) is 0 Å². The van der Waals surface area contributed by atoms with Crippen LogP contribution in [0.2, 0.25) is 0 Å². The van der Waals surface area contributed by atoms with Crippen LogP contribution >= 0.6 is 15.9 Å². The molecule has 1 heterocycles. The van der Waals surface area contributed by atoms with Crippen molar-refractivity contribution in [3.63, 3.8) is 0 Å². The number of carbonyl (C=O) groups is 2. The van der Waals surface area contributed by atoms with E-state index in [1.165, 1.54) is 19.3 Å². The third-order valence-corrected chi connectivity index (χ3v) is 6.98.